The summed E-state index contributed by atoms with van der Waals surface area (Å²) in [5.74, 6) is -0.463. The minimum absolute atomic E-state index is 0. The number of hydrogen-bond acceptors (Lipinski definition) is 2. The summed E-state index contributed by atoms with van der Waals surface area (Å²) in [6, 6.07) is -0.509. The topological polar surface area (TPSA) is 69.1 Å². The Morgan fingerprint density at radius 3 is 1.86 bits per heavy atom. The van der Waals surface area contributed by atoms with Gasteiger partial charge in [0, 0.05) is 0 Å². The average molecular weight is 216 g/mol. The van der Waals surface area contributed by atoms with E-state index in [1.165, 1.54) is 0 Å². The van der Waals surface area contributed by atoms with E-state index in [0.717, 1.165) is 0 Å². The van der Waals surface area contributed by atoms with E-state index in [0.29, 0.717) is 0 Å². The molecular formula is C3H9IN2O. The highest BCUT2D eigenvalue weighted by Crippen LogP contribution is 1.64. The Hall–Kier alpha value is 0.160. The van der Waals surface area contributed by atoms with Crippen LogP contribution in [-0.4, -0.2) is 11.9 Å². The first-order valence-corrected chi connectivity index (χ1v) is 1.69. The number of amides is 1. The van der Waals surface area contributed by atoms with Gasteiger partial charge in [-0.15, -0.1) is 24.0 Å². The van der Waals surface area contributed by atoms with Gasteiger partial charge in [-0.25, -0.2) is 0 Å². The van der Waals surface area contributed by atoms with Crippen LogP contribution in [0.5, 0.6) is 0 Å². The van der Waals surface area contributed by atoms with Crippen LogP contribution in [0.25, 0.3) is 0 Å². The summed E-state index contributed by atoms with van der Waals surface area (Å²) in [5.41, 5.74) is 9.63. The lowest BCUT2D eigenvalue weighted by Crippen LogP contribution is -2.32. The molecule has 1 unspecified atom stereocenters. The molecule has 0 rings (SSSR count). The van der Waals surface area contributed by atoms with Crippen molar-refractivity contribution in [3.05, 3.63) is 0 Å². The molecule has 0 saturated heterocycles. The summed E-state index contributed by atoms with van der Waals surface area (Å²) < 4.78 is 0. The second-order valence-corrected chi connectivity index (χ2v) is 1.19. The minimum Gasteiger partial charge on any atom is -0.368 e. The molecule has 0 fully saturated rings. The first-order chi connectivity index (χ1) is 2.64. The van der Waals surface area contributed by atoms with Gasteiger partial charge in [0.2, 0.25) is 5.91 Å². The van der Waals surface area contributed by atoms with Crippen LogP contribution in [0.15, 0.2) is 0 Å². The highest BCUT2D eigenvalue weighted by molar-refractivity contribution is 14.0. The highest BCUT2D eigenvalue weighted by atomic mass is 127. The predicted molar refractivity (Wildman–Crippen MR) is 38.3 cm³/mol. The third-order valence-corrected chi connectivity index (χ3v) is 0.449. The third kappa shape index (κ3) is 6.16. The maximum atomic E-state index is 9.80. The Morgan fingerprint density at radius 2 is 1.86 bits per heavy atom. The summed E-state index contributed by atoms with van der Waals surface area (Å²) in [6.07, 6.45) is 0. The van der Waals surface area contributed by atoms with E-state index in [4.69, 9.17) is 5.73 Å². The zero-order valence-electron chi connectivity index (χ0n) is 4.05. The normalized spacial score (nSPS) is 11.7. The van der Waals surface area contributed by atoms with Crippen LogP contribution >= 0.6 is 24.0 Å². The molecule has 0 aromatic carbocycles. The Labute approximate surface area is 59.5 Å². The van der Waals surface area contributed by atoms with Gasteiger partial charge in [0.1, 0.15) is 0 Å². The van der Waals surface area contributed by atoms with Crippen LogP contribution < -0.4 is 11.5 Å². The number of carbonyl (C=O) groups is 1. The quantitative estimate of drug-likeness (QED) is 0.576. The highest BCUT2D eigenvalue weighted by Gasteiger charge is 1.96. The molecule has 4 N–H and O–H groups in total. The van der Waals surface area contributed by atoms with Crippen molar-refractivity contribution in [1.29, 1.82) is 0 Å². The fraction of sp³-hybridized carbons (Fsp3) is 0.667. The second-order valence-electron chi connectivity index (χ2n) is 1.19. The standard InChI is InChI=1S/C3H8N2O.HI/c1-2(4)3(5)6;/h2H,4H2,1H3,(H2,5,6);1H. The van der Waals surface area contributed by atoms with Gasteiger partial charge in [-0.05, 0) is 6.92 Å². The van der Waals surface area contributed by atoms with Crippen molar-refractivity contribution < 1.29 is 4.79 Å². The second kappa shape index (κ2) is 4.32. The molecule has 0 aliphatic heterocycles. The Kier molecular flexibility index (Phi) is 6.30. The van der Waals surface area contributed by atoms with E-state index in [9.17, 15) is 4.79 Å². The van der Waals surface area contributed by atoms with Gasteiger partial charge in [-0.1, -0.05) is 0 Å². The molecule has 0 aromatic rings. The molecule has 1 atom stereocenters. The van der Waals surface area contributed by atoms with Crippen LogP contribution in [0.4, 0.5) is 0 Å². The van der Waals surface area contributed by atoms with Gasteiger partial charge in [-0.3, -0.25) is 4.79 Å². The monoisotopic (exact) mass is 216 g/mol. The molecule has 3 nitrogen and oxygen atoms in total. The van der Waals surface area contributed by atoms with E-state index in [1.54, 1.807) is 6.92 Å². The molecule has 0 saturated carbocycles. The first kappa shape index (κ1) is 10.2. The first-order valence-electron chi connectivity index (χ1n) is 1.69. The van der Waals surface area contributed by atoms with Crippen molar-refractivity contribution >= 4 is 29.9 Å². The summed E-state index contributed by atoms with van der Waals surface area (Å²) >= 11 is 0. The maximum Gasteiger partial charge on any atom is 0.234 e. The van der Waals surface area contributed by atoms with Crippen molar-refractivity contribution in [2.24, 2.45) is 11.5 Å². The number of primary amides is 1. The molecule has 7 heavy (non-hydrogen) atoms. The number of carbonyl (C=O) groups excluding carboxylic acids is 1. The Balaban J connectivity index is 0. The zero-order valence-corrected chi connectivity index (χ0v) is 6.38. The van der Waals surface area contributed by atoms with E-state index < -0.39 is 11.9 Å². The molecule has 1 amide bonds. The minimum atomic E-state index is -0.509. The van der Waals surface area contributed by atoms with Crippen molar-refractivity contribution in [3.63, 3.8) is 0 Å². The van der Waals surface area contributed by atoms with Gasteiger partial charge in [-0.2, -0.15) is 0 Å². The lowest BCUT2D eigenvalue weighted by atomic mass is 10.4. The van der Waals surface area contributed by atoms with E-state index in [-0.39, 0.29) is 24.0 Å². The Bertz CT molecular complexity index is 64.0. The molecule has 44 valence electrons. The molecule has 0 heterocycles. The van der Waals surface area contributed by atoms with Crippen molar-refractivity contribution in [2.75, 3.05) is 0 Å². The average Bonchev–Trinajstić information content (AvgIpc) is 1.36. The fourth-order valence-electron chi connectivity index (χ4n) is 0. The van der Waals surface area contributed by atoms with Crippen LogP contribution in [0.2, 0.25) is 0 Å². The van der Waals surface area contributed by atoms with E-state index in [1.807, 2.05) is 0 Å². The van der Waals surface area contributed by atoms with Gasteiger partial charge in [0.05, 0.1) is 6.04 Å². The lowest BCUT2D eigenvalue weighted by molar-refractivity contribution is -0.118. The largest absolute Gasteiger partial charge is 0.368 e. The summed E-state index contributed by atoms with van der Waals surface area (Å²) in [5, 5.41) is 0. The number of nitrogens with two attached hydrogens (primary N) is 2. The van der Waals surface area contributed by atoms with Gasteiger partial charge >= 0.3 is 0 Å². The molecule has 0 radical (unpaired) electrons. The van der Waals surface area contributed by atoms with Crippen molar-refractivity contribution in [2.45, 2.75) is 13.0 Å². The van der Waals surface area contributed by atoms with Crippen LogP contribution in [0.3, 0.4) is 0 Å². The fourth-order valence-corrected chi connectivity index (χ4v) is 0. The van der Waals surface area contributed by atoms with Crippen LogP contribution in [-0.2, 0) is 4.79 Å². The SMILES string of the molecule is CC(N)C(N)=O.I. The van der Waals surface area contributed by atoms with Gasteiger partial charge in [0.15, 0.2) is 0 Å². The molecule has 0 bridgehead atoms. The molecule has 0 spiro atoms. The Morgan fingerprint density at radius 1 is 1.71 bits per heavy atom. The number of hydrogen-bond donors (Lipinski definition) is 2. The molecule has 4 heteroatoms. The molecule has 0 aliphatic carbocycles. The molecule has 0 aliphatic rings. The molecule has 0 aromatic heterocycles. The summed E-state index contributed by atoms with van der Waals surface area (Å²) in [4.78, 5) is 9.80. The van der Waals surface area contributed by atoms with E-state index in [2.05, 4.69) is 5.73 Å². The number of halogens is 1. The van der Waals surface area contributed by atoms with E-state index >= 15 is 0 Å². The van der Waals surface area contributed by atoms with Gasteiger partial charge in [0.25, 0.3) is 0 Å². The van der Waals surface area contributed by atoms with Crippen molar-refractivity contribution in [3.8, 4) is 0 Å². The van der Waals surface area contributed by atoms with Gasteiger partial charge < -0.3 is 11.5 Å². The summed E-state index contributed by atoms with van der Waals surface area (Å²) in [6.45, 7) is 1.54. The number of rotatable bonds is 1. The molecular weight excluding hydrogens is 207 g/mol. The lowest BCUT2D eigenvalue weighted by Gasteiger charge is -1.91. The predicted octanol–water partition coefficient (Wildman–Crippen LogP) is -0.563. The third-order valence-electron chi connectivity index (χ3n) is 0.449. The smallest absolute Gasteiger partial charge is 0.234 e. The van der Waals surface area contributed by atoms with Crippen LogP contribution in [0, 0.1) is 0 Å². The zero-order chi connectivity index (χ0) is 5.15. The summed E-state index contributed by atoms with van der Waals surface area (Å²) in [7, 11) is 0. The van der Waals surface area contributed by atoms with Crippen molar-refractivity contribution in [1.82, 2.24) is 0 Å². The van der Waals surface area contributed by atoms with Crippen LogP contribution in [0.1, 0.15) is 6.92 Å². The maximum absolute atomic E-state index is 9.80.